The molecule has 1 atom stereocenters. The Bertz CT molecular complexity index is 545. The molecule has 1 aliphatic carbocycles. The van der Waals surface area contributed by atoms with Crippen molar-refractivity contribution < 1.29 is 14.3 Å². The van der Waals surface area contributed by atoms with E-state index in [1.807, 2.05) is 0 Å². The summed E-state index contributed by atoms with van der Waals surface area (Å²) < 4.78 is 3.62. The van der Waals surface area contributed by atoms with E-state index in [-0.39, 0.29) is 11.5 Å². The van der Waals surface area contributed by atoms with Gasteiger partial charge in [0.15, 0.2) is 0 Å². The van der Waals surface area contributed by atoms with E-state index in [1.54, 1.807) is 6.07 Å². The van der Waals surface area contributed by atoms with Gasteiger partial charge in [-0.1, -0.05) is 11.6 Å². The van der Waals surface area contributed by atoms with Crippen LogP contribution in [0.4, 0.5) is 5.69 Å². The van der Waals surface area contributed by atoms with Crippen LogP contribution in [0.2, 0.25) is 5.02 Å². The Labute approximate surface area is 125 Å². The molecule has 102 valence electrons. The van der Waals surface area contributed by atoms with Crippen molar-refractivity contribution in [3.63, 3.8) is 0 Å². The number of nitrogens with one attached hydrogen (secondary N) is 1. The minimum absolute atomic E-state index is 0.179. The van der Waals surface area contributed by atoms with Crippen molar-refractivity contribution in [3.05, 3.63) is 28.8 Å². The van der Waals surface area contributed by atoms with Gasteiger partial charge in [0, 0.05) is 5.02 Å². The SMILES string of the molecule is COC(=O)c1cc(Cl)ccc1NC(=O)C1CC1(Cl)Cl. The molecule has 0 radical (unpaired) electrons. The number of rotatable bonds is 3. The Hall–Kier alpha value is -0.970. The van der Waals surface area contributed by atoms with E-state index in [4.69, 9.17) is 34.8 Å². The number of carbonyl (C=O) groups is 2. The maximum Gasteiger partial charge on any atom is 0.340 e. The molecule has 0 bridgehead atoms. The molecule has 2 rings (SSSR count). The fourth-order valence-corrected chi connectivity index (χ4v) is 2.30. The summed E-state index contributed by atoms with van der Waals surface area (Å²) in [6.07, 6.45) is 0.392. The maximum absolute atomic E-state index is 11.9. The molecule has 1 amide bonds. The number of anilines is 1. The highest BCUT2D eigenvalue weighted by Gasteiger charge is 2.56. The number of alkyl halides is 2. The lowest BCUT2D eigenvalue weighted by Gasteiger charge is -2.10. The fourth-order valence-electron chi connectivity index (χ4n) is 1.62. The molecule has 1 aromatic rings. The third kappa shape index (κ3) is 3.14. The van der Waals surface area contributed by atoms with Gasteiger partial charge in [-0.25, -0.2) is 4.79 Å². The van der Waals surface area contributed by atoms with Crippen molar-refractivity contribution in [2.24, 2.45) is 5.92 Å². The predicted molar refractivity (Wildman–Crippen MR) is 74.0 cm³/mol. The van der Waals surface area contributed by atoms with Crippen LogP contribution < -0.4 is 5.32 Å². The minimum Gasteiger partial charge on any atom is -0.465 e. The summed E-state index contributed by atoms with van der Waals surface area (Å²) in [6, 6.07) is 4.51. The summed E-state index contributed by atoms with van der Waals surface area (Å²) in [5, 5.41) is 2.97. The molecule has 19 heavy (non-hydrogen) atoms. The average molecular weight is 323 g/mol. The number of hydrogen-bond donors (Lipinski definition) is 1. The van der Waals surface area contributed by atoms with E-state index in [0.717, 1.165) is 0 Å². The fraction of sp³-hybridized carbons (Fsp3) is 0.333. The lowest BCUT2D eigenvalue weighted by atomic mass is 10.1. The molecule has 0 aliphatic heterocycles. The summed E-state index contributed by atoms with van der Waals surface area (Å²) >= 11 is 17.4. The standard InChI is InChI=1S/C12H10Cl3NO3/c1-19-11(18)7-4-6(13)2-3-9(7)16-10(17)8-5-12(8,14)15/h2-4,8H,5H2,1H3,(H,16,17). The van der Waals surface area contributed by atoms with E-state index in [9.17, 15) is 9.59 Å². The molecular formula is C12H10Cl3NO3. The van der Waals surface area contributed by atoms with Gasteiger partial charge in [-0.05, 0) is 24.6 Å². The van der Waals surface area contributed by atoms with Gasteiger partial charge >= 0.3 is 5.97 Å². The number of carbonyl (C=O) groups excluding carboxylic acids is 2. The third-order valence-electron chi connectivity index (χ3n) is 2.79. The topological polar surface area (TPSA) is 55.4 Å². The van der Waals surface area contributed by atoms with Gasteiger partial charge in [0.05, 0.1) is 24.3 Å². The number of esters is 1. The van der Waals surface area contributed by atoms with Crippen LogP contribution >= 0.6 is 34.8 Å². The van der Waals surface area contributed by atoms with Gasteiger partial charge < -0.3 is 10.1 Å². The molecule has 1 unspecified atom stereocenters. The monoisotopic (exact) mass is 321 g/mol. The Morgan fingerprint density at radius 1 is 1.42 bits per heavy atom. The van der Waals surface area contributed by atoms with E-state index >= 15 is 0 Å². The number of ether oxygens (including phenoxy) is 1. The van der Waals surface area contributed by atoms with Crippen molar-refractivity contribution in [2.75, 3.05) is 12.4 Å². The smallest absolute Gasteiger partial charge is 0.340 e. The average Bonchev–Trinajstić information content (AvgIpc) is 3.00. The van der Waals surface area contributed by atoms with Gasteiger partial charge in [-0.2, -0.15) is 0 Å². The van der Waals surface area contributed by atoms with Gasteiger partial charge in [0.2, 0.25) is 5.91 Å². The summed E-state index contributed by atoms with van der Waals surface area (Å²) in [7, 11) is 1.25. The highest BCUT2D eigenvalue weighted by molar-refractivity contribution is 6.52. The van der Waals surface area contributed by atoms with Crippen LogP contribution in [0.1, 0.15) is 16.8 Å². The largest absolute Gasteiger partial charge is 0.465 e. The quantitative estimate of drug-likeness (QED) is 0.686. The number of hydrogen-bond acceptors (Lipinski definition) is 3. The van der Waals surface area contributed by atoms with Crippen molar-refractivity contribution in [3.8, 4) is 0 Å². The van der Waals surface area contributed by atoms with Gasteiger partial charge in [0.25, 0.3) is 0 Å². The maximum atomic E-state index is 11.9. The molecular weight excluding hydrogens is 312 g/mol. The van der Waals surface area contributed by atoms with Gasteiger partial charge in [0.1, 0.15) is 4.33 Å². The first-order valence-electron chi connectivity index (χ1n) is 5.41. The molecule has 1 aromatic carbocycles. The molecule has 0 aromatic heterocycles. The Balaban J connectivity index is 2.20. The zero-order valence-electron chi connectivity index (χ0n) is 9.88. The first kappa shape index (κ1) is 14.4. The van der Waals surface area contributed by atoms with E-state index in [0.29, 0.717) is 17.1 Å². The summed E-state index contributed by atoms with van der Waals surface area (Å²) in [5.74, 6) is -1.40. The summed E-state index contributed by atoms with van der Waals surface area (Å²) in [6.45, 7) is 0. The van der Waals surface area contributed by atoms with Crippen molar-refractivity contribution in [2.45, 2.75) is 10.8 Å². The lowest BCUT2D eigenvalue weighted by Crippen LogP contribution is -2.19. The first-order chi connectivity index (χ1) is 8.85. The molecule has 4 nitrogen and oxygen atoms in total. The molecule has 0 heterocycles. The van der Waals surface area contributed by atoms with Crippen LogP contribution in [-0.2, 0) is 9.53 Å². The zero-order chi connectivity index (χ0) is 14.2. The molecule has 1 saturated carbocycles. The molecule has 7 heteroatoms. The van der Waals surface area contributed by atoms with E-state index in [1.165, 1.54) is 19.2 Å². The van der Waals surface area contributed by atoms with E-state index in [2.05, 4.69) is 10.1 Å². The van der Waals surface area contributed by atoms with Crippen LogP contribution in [0, 0.1) is 5.92 Å². The predicted octanol–water partition coefficient (Wildman–Crippen LogP) is 3.26. The number of methoxy groups -OCH3 is 1. The van der Waals surface area contributed by atoms with Crippen molar-refractivity contribution in [1.82, 2.24) is 0 Å². The lowest BCUT2D eigenvalue weighted by molar-refractivity contribution is -0.117. The van der Waals surface area contributed by atoms with E-state index < -0.39 is 16.2 Å². The highest BCUT2D eigenvalue weighted by atomic mass is 35.5. The Kier molecular flexibility index (Phi) is 3.95. The Morgan fingerprint density at radius 3 is 2.58 bits per heavy atom. The van der Waals surface area contributed by atoms with Crippen LogP contribution in [0.3, 0.4) is 0 Å². The minimum atomic E-state index is -1.01. The normalized spacial score (nSPS) is 19.7. The second kappa shape index (κ2) is 5.19. The molecule has 0 saturated heterocycles. The number of amides is 1. The molecule has 1 N–H and O–H groups in total. The second-order valence-corrected chi connectivity index (χ2v) is 6.17. The van der Waals surface area contributed by atoms with Crippen LogP contribution in [0.5, 0.6) is 0 Å². The summed E-state index contributed by atoms with van der Waals surface area (Å²) in [4.78, 5) is 23.5. The number of benzene rings is 1. The van der Waals surface area contributed by atoms with Gasteiger partial charge in [-0.15, -0.1) is 23.2 Å². The van der Waals surface area contributed by atoms with Crippen molar-refractivity contribution in [1.29, 1.82) is 0 Å². The summed E-state index contributed by atoms with van der Waals surface area (Å²) in [5.41, 5.74) is 0.496. The zero-order valence-corrected chi connectivity index (χ0v) is 12.1. The second-order valence-electron chi connectivity index (χ2n) is 4.19. The van der Waals surface area contributed by atoms with Gasteiger partial charge in [-0.3, -0.25) is 4.79 Å². The third-order valence-corrected chi connectivity index (χ3v) is 3.86. The number of halogens is 3. The van der Waals surface area contributed by atoms with Crippen molar-refractivity contribution >= 4 is 52.4 Å². The molecule has 0 spiro atoms. The molecule has 1 aliphatic rings. The highest BCUT2D eigenvalue weighted by Crippen LogP contribution is 2.53. The Morgan fingerprint density at radius 2 is 2.05 bits per heavy atom. The van der Waals surface area contributed by atoms with Crippen LogP contribution in [-0.4, -0.2) is 23.3 Å². The van der Waals surface area contributed by atoms with Crippen LogP contribution in [0.15, 0.2) is 18.2 Å². The molecule has 1 fully saturated rings. The first-order valence-corrected chi connectivity index (χ1v) is 6.55. The van der Waals surface area contributed by atoms with Crippen LogP contribution in [0.25, 0.3) is 0 Å².